The van der Waals surface area contributed by atoms with E-state index in [0.717, 1.165) is 33.9 Å². The highest BCUT2D eigenvalue weighted by Gasteiger charge is 2.43. The molecule has 0 aliphatic heterocycles. The number of hydrogen-bond donors (Lipinski definition) is 0. The molecular weight excluding hydrogens is 629 g/mol. The summed E-state index contributed by atoms with van der Waals surface area (Å²) in [5.41, 5.74) is 16.1. The quantitative estimate of drug-likeness (QED) is 0.183. The van der Waals surface area contributed by atoms with E-state index in [1.165, 1.54) is 81.8 Å². The molecular formula is C50H38N2. The van der Waals surface area contributed by atoms with Gasteiger partial charge in [0.05, 0.1) is 11.4 Å². The first-order chi connectivity index (χ1) is 25.7. The largest absolute Gasteiger partial charge is 0.228 e. The fraction of sp³-hybridized carbons (Fsp3) is 0.120. The van der Waals surface area contributed by atoms with Crippen LogP contribution in [0.15, 0.2) is 170 Å². The van der Waals surface area contributed by atoms with Gasteiger partial charge in [0.15, 0.2) is 5.82 Å². The van der Waals surface area contributed by atoms with Crippen molar-refractivity contribution in [3.8, 4) is 67.3 Å². The van der Waals surface area contributed by atoms with Crippen molar-refractivity contribution in [2.75, 3.05) is 0 Å². The Morgan fingerprint density at radius 1 is 0.346 bits per heavy atom. The molecule has 2 aliphatic carbocycles. The van der Waals surface area contributed by atoms with Crippen LogP contribution in [0.5, 0.6) is 0 Å². The Hall–Kier alpha value is -6.12. The van der Waals surface area contributed by atoms with Gasteiger partial charge in [0.2, 0.25) is 0 Å². The molecule has 0 unspecified atom stereocenters. The molecule has 0 amide bonds. The molecule has 1 spiro atoms. The lowest BCUT2D eigenvalue weighted by Gasteiger charge is -2.36. The average molecular weight is 667 g/mol. The Morgan fingerprint density at radius 3 is 1.50 bits per heavy atom. The smallest absolute Gasteiger partial charge is 0.160 e. The second-order valence-electron chi connectivity index (χ2n) is 14.4. The predicted octanol–water partition coefficient (Wildman–Crippen LogP) is 13.2. The maximum Gasteiger partial charge on any atom is 0.160 e. The average Bonchev–Trinajstić information content (AvgIpc) is 3.49. The summed E-state index contributed by atoms with van der Waals surface area (Å²) in [4.78, 5) is 10.1. The number of hydrogen-bond acceptors (Lipinski definition) is 2. The highest BCUT2D eigenvalue weighted by atomic mass is 14.9. The lowest BCUT2D eigenvalue weighted by atomic mass is 9.67. The molecule has 0 saturated heterocycles. The number of benzene rings is 7. The van der Waals surface area contributed by atoms with E-state index < -0.39 is 0 Å². The Bertz CT molecular complexity index is 2520. The summed E-state index contributed by atoms with van der Waals surface area (Å²) in [5.74, 6) is 0.724. The van der Waals surface area contributed by atoms with Crippen molar-refractivity contribution in [2.24, 2.45) is 0 Å². The Labute approximate surface area is 305 Å². The van der Waals surface area contributed by atoms with E-state index in [1.807, 2.05) is 12.1 Å². The minimum absolute atomic E-state index is 0.143. The van der Waals surface area contributed by atoms with Crippen molar-refractivity contribution in [3.05, 3.63) is 181 Å². The van der Waals surface area contributed by atoms with Gasteiger partial charge in [-0.05, 0) is 80.3 Å². The number of nitrogens with zero attached hydrogens (tertiary/aromatic N) is 2. The van der Waals surface area contributed by atoms with Crippen molar-refractivity contribution in [3.63, 3.8) is 0 Å². The van der Waals surface area contributed by atoms with E-state index in [4.69, 9.17) is 9.97 Å². The van der Waals surface area contributed by atoms with Crippen molar-refractivity contribution < 1.29 is 0 Å². The third-order valence-electron chi connectivity index (χ3n) is 11.5. The molecule has 2 nitrogen and oxygen atoms in total. The molecule has 0 N–H and O–H groups in total. The van der Waals surface area contributed by atoms with Crippen molar-refractivity contribution in [2.45, 2.75) is 37.5 Å². The summed E-state index contributed by atoms with van der Waals surface area (Å²) < 4.78 is 0. The second-order valence-corrected chi connectivity index (χ2v) is 14.4. The fourth-order valence-electron chi connectivity index (χ4n) is 9.01. The molecule has 1 saturated carbocycles. The zero-order valence-electron chi connectivity index (χ0n) is 29.1. The predicted molar refractivity (Wildman–Crippen MR) is 216 cm³/mol. The highest BCUT2D eigenvalue weighted by Crippen LogP contribution is 2.56. The van der Waals surface area contributed by atoms with E-state index in [-0.39, 0.29) is 5.41 Å². The standard InChI is InChI=1S/C50H38N2/c1-4-14-35(15-5-1)47-33-48(36-16-6-2-7-17-36)52-49(51-47)37-24-22-34(23-25-37)39-28-29-40(42-19-9-8-18-41(39)42)38-26-27-44-43-20-10-11-21-45(43)50(46(44)32-38)30-12-3-13-31-50/h1-2,4-11,14-29,32-33H,3,12-13,30-31H2. The molecule has 248 valence electrons. The molecule has 0 atom stereocenters. The molecule has 8 aromatic rings. The molecule has 1 heterocycles. The molecule has 10 rings (SSSR count). The van der Waals surface area contributed by atoms with E-state index in [9.17, 15) is 0 Å². The van der Waals surface area contributed by atoms with Crippen LogP contribution in [0.1, 0.15) is 43.2 Å². The SMILES string of the molecule is c1ccc(-c2cc(-c3ccccc3)nc(-c3ccc(-c4ccc(-c5ccc6c(c5)C5(CCCCC5)c5ccccc5-6)c5ccccc45)cc3)n2)cc1. The third-order valence-corrected chi connectivity index (χ3v) is 11.5. The van der Waals surface area contributed by atoms with E-state index in [1.54, 1.807) is 5.56 Å². The first-order valence-corrected chi connectivity index (χ1v) is 18.6. The van der Waals surface area contributed by atoms with Crippen LogP contribution in [0, 0.1) is 0 Å². The van der Waals surface area contributed by atoms with Gasteiger partial charge in [-0.2, -0.15) is 0 Å². The van der Waals surface area contributed by atoms with E-state index >= 15 is 0 Å². The van der Waals surface area contributed by atoms with Gasteiger partial charge in [0.1, 0.15) is 0 Å². The Balaban J connectivity index is 1.04. The molecule has 2 aliphatic rings. The van der Waals surface area contributed by atoms with Crippen LogP contribution in [0.25, 0.3) is 78.1 Å². The van der Waals surface area contributed by atoms with Gasteiger partial charge >= 0.3 is 0 Å². The van der Waals surface area contributed by atoms with Gasteiger partial charge in [-0.1, -0.05) is 177 Å². The van der Waals surface area contributed by atoms with Gasteiger partial charge in [0, 0.05) is 22.1 Å². The summed E-state index contributed by atoms with van der Waals surface area (Å²) in [6.07, 6.45) is 6.42. The maximum absolute atomic E-state index is 5.06. The summed E-state index contributed by atoms with van der Waals surface area (Å²) in [5, 5.41) is 2.54. The second kappa shape index (κ2) is 12.6. The molecule has 7 aromatic carbocycles. The molecule has 2 heteroatoms. The Kier molecular flexibility index (Phi) is 7.42. The fourth-order valence-corrected chi connectivity index (χ4v) is 9.01. The van der Waals surface area contributed by atoms with Crippen LogP contribution < -0.4 is 0 Å². The lowest BCUT2D eigenvalue weighted by molar-refractivity contribution is 0.353. The normalized spacial score (nSPS) is 14.3. The summed E-state index contributed by atoms with van der Waals surface area (Å²) in [7, 11) is 0. The van der Waals surface area contributed by atoms with Crippen LogP contribution in [-0.2, 0) is 5.41 Å². The summed E-state index contributed by atoms with van der Waals surface area (Å²) >= 11 is 0. The molecule has 1 aromatic heterocycles. The lowest BCUT2D eigenvalue weighted by Crippen LogP contribution is -2.28. The van der Waals surface area contributed by atoms with Crippen molar-refractivity contribution in [1.82, 2.24) is 9.97 Å². The highest BCUT2D eigenvalue weighted by molar-refractivity contribution is 6.05. The van der Waals surface area contributed by atoms with E-state index in [2.05, 4.69) is 158 Å². The van der Waals surface area contributed by atoms with Crippen LogP contribution in [0.2, 0.25) is 0 Å². The number of fused-ring (bicyclic) bond motifs is 6. The van der Waals surface area contributed by atoms with Gasteiger partial charge in [-0.25, -0.2) is 9.97 Å². The summed E-state index contributed by atoms with van der Waals surface area (Å²) in [6, 6.07) is 61.6. The van der Waals surface area contributed by atoms with Crippen LogP contribution in [-0.4, -0.2) is 9.97 Å². The van der Waals surface area contributed by atoms with Crippen molar-refractivity contribution in [1.29, 1.82) is 0 Å². The number of aromatic nitrogens is 2. The van der Waals surface area contributed by atoms with Gasteiger partial charge in [-0.15, -0.1) is 0 Å². The van der Waals surface area contributed by atoms with E-state index in [0.29, 0.717) is 0 Å². The molecule has 0 radical (unpaired) electrons. The van der Waals surface area contributed by atoms with Gasteiger partial charge in [-0.3, -0.25) is 0 Å². The minimum atomic E-state index is 0.143. The first-order valence-electron chi connectivity index (χ1n) is 18.6. The molecule has 1 fully saturated rings. The van der Waals surface area contributed by atoms with Crippen LogP contribution in [0.4, 0.5) is 0 Å². The van der Waals surface area contributed by atoms with Gasteiger partial charge in [0.25, 0.3) is 0 Å². The zero-order chi connectivity index (χ0) is 34.5. The first kappa shape index (κ1) is 30.7. The van der Waals surface area contributed by atoms with Gasteiger partial charge < -0.3 is 0 Å². The molecule has 0 bridgehead atoms. The topological polar surface area (TPSA) is 25.8 Å². The Morgan fingerprint density at radius 2 is 0.846 bits per heavy atom. The monoisotopic (exact) mass is 666 g/mol. The summed E-state index contributed by atoms with van der Waals surface area (Å²) in [6.45, 7) is 0. The zero-order valence-corrected chi connectivity index (χ0v) is 29.1. The third kappa shape index (κ3) is 5.09. The van der Waals surface area contributed by atoms with Crippen LogP contribution >= 0.6 is 0 Å². The maximum atomic E-state index is 5.06. The number of rotatable bonds is 5. The van der Waals surface area contributed by atoms with Crippen molar-refractivity contribution >= 4 is 10.8 Å². The van der Waals surface area contributed by atoms with Crippen LogP contribution in [0.3, 0.4) is 0 Å². The minimum Gasteiger partial charge on any atom is -0.228 e. The molecule has 52 heavy (non-hydrogen) atoms.